The number of esters is 1. The van der Waals surface area contributed by atoms with Crippen molar-refractivity contribution in [1.82, 2.24) is 14.8 Å². The van der Waals surface area contributed by atoms with Gasteiger partial charge in [-0.05, 0) is 81.4 Å². The molecule has 1 fully saturated rings. The summed E-state index contributed by atoms with van der Waals surface area (Å²) in [6.07, 6.45) is 4.60. The van der Waals surface area contributed by atoms with Crippen molar-refractivity contribution in [3.05, 3.63) is 70.6 Å². The first-order valence-electron chi connectivity index (χ1n) is 13.0. The number of hydrogen-bond acceptors (Lipinski definition) is 6. The fourth-order valence-electron chi connectivity index (χ4n) is 4.41. The van der Waals surface area contributed by atoms with Gasteiger partial charge in [-0.25, -0.2) is 4.39 Å². The van der Waals surface area contributed by atoms with Crippen molar-refractivity contribution in [3.63, 3.8) is 0 Å². The van der Waals surface area contributed by atoms with Crippen molar-refractivity contribution < 1.29 is 23.5 Å². The molecular formula is C29H37ClFN3O4. The predicted octanol–water partition coefficient (Wildman–Crippen LogP) is 4.68. The van der Waals surface area contributed by atoms with Gasteiger partial charge in [0.2, 0.25) is 0 Å². The maximum Gasteiger partial charge on any atom is 0.309 e. The number of rotatable bonds is 11. The number of nitrogens with zero attached hydrogens (tertiary/aromatic N) is 2. The minimum atomic E-state index is -0.262. The van der Waals surface area contributed by atoms with E-state index in [1.54, 1.807) is 12.1 Å². The van der Waals surface area contributed by atoms with E-state index >= 15 is 0 Å². The number of piperidine rings is 1. The molecule has 1 saturated heterocycles. The highest BCUT2D eigenvalue weighted by Gasteiger charge is 2.23. The highest BCUT2D eigenvalue weighted by atomic mass is 35.5. The summed E-state index contributed by atoms with van der Waals surface area (Å²) in [5.74, 6) is -0.116. The first-order chi connectivity index (χ1) is 18.4. The molecule has 2 heterocycles. The average molecular weight is 546 g/mol. The molecule has 9 heteroatoms. The largest absolute Gasteiger partial charge is 0.466 e. The fraction of sp³-hybridized carbons (Fsp3) is 0.448. The lowest BCUT2D eigenvalue weighted by atomic mass is 9.97. The van der Waals surface area contributed by atoms with Crippen LogP contribution in [0.1, 0.15) is 30.9 Å². The summed E-state index contributed by atoms with van der Waals surface area (Å²) < 4.78 is 26.2. The number of halogens is 2. The maximum absolute atomic E-state index is 14.1. The van der Waals surface area contributed by atoms with Crippen molar-refractivity contribution in [1.29, 1.82) is 0 Å². The summed E-state index contributed by atoms with van der Waals surface area (Å²) in [7, 11) is 2.08. The van der Waals surface area contributed by atoms with Gasteiger partial charge in [-0.2, -0.15) is 0 Å². The van der Waals surface area contributed by atoms with Gasteiger partial charge in [0, 0.05) is 36.2 Å². The molecule has 7 nitrogen and oxygen atoms in total. The van der Waals surface area contributed by atoms with Crippen LogP contribution in [0.4, 0.5) is 4.39 Å². The summed E-state index contributed by atoms with van der Waals surface area (Å²) in [4.78, 5) is 23.7. The van der Waals surface area contributed by atoms with Crippen LogP contribution in [-0.2, 0) is 32.2 Å². The topological polar surface area (TPSA) is 72.8 Å². The number of nitrogens with one attached hydrogen (secondary N) is 1. The van der Waals surface area contributed by atoms with Crippen LogP contribution in [0.25, 0.3) is 10.9 Å². The van der Waals surface area contributed by atoms with Crippen molar-refractivity contribution in [3.8, 4) is 0 Å². The average Bonchev–Trinajstić information content (AvgIpc) is 3.30. The molecule has 0 radical (unpaired) electrons. The Morgan fingerprint density at radius 1 is 1.18 bits per heavy atom. The Morgan fingerprint density at radius 2 is 1.92 bits per heavy atom. The van der Waals surface area contributed by atoms with Gasteiger partial charge < -0.3 is 29.1 Å². The lowest BCUT2D eigenvalue weighted by Crippen LogP contribution is -2.34. The monoisotopic (exact) mass is 545 g/mol. The Morgan fingerprint density at radius 3 is 2.61 bits per heavy atom. The summed E-state index contributed by atoms with van der Waals surface area (Å²) in [5.41, 5.74) is 2.85. The molecule has 1 aliphatic heterocycles. The molecule has 1 N–H and O–H groups in total. The molecule has 2 aromatic carbocycles. The van der Waals surface area contributed by atoms with E-state index in [0.29, 0.717) is 37.9 Å². The summed E-state index contributed by atoms with van der Waals surface area (Å²) in [6.45, 7) is 6.71. The van der Waals surface area contributed by atoms with Gasteiger partial charge in [0.05, 0.1) is 24.6 Å². The van der Waals surface area contributed by atoms with Gasteiger partial charge in [0.25, 0.3) is 0 Å². The zero-order valence-electron chi connectivity index (χ0n) is 22.1. The number of carbonyl (C=O) groups is 2. The number of likely N-dealkylation sites (tertiary alicyclic amines) is 1. The minimum Gasteiger partial charge on any atom is -0.466 e. The van der Waals surface area contributed by atoms with Crippen LogP contribution in [0.3, 0.4) is 0 Å². The second-order valence-electron chi connectivity index (χ2n) is 9.32. The molecule has 38 heavy (non-hydrogen) atoms. The van der Waals surface area contributed by atoms with E-state index < -0.39 is 0 Å². The molecule has 0 saturated carbocycles. The number of benzene rings is 2. The van der Waals surface area contributed by atoms with E-state index in [-0.39, 0.29) is 24.3 Å². The number of fused-ring (bicyclic) bond motifs is 1. The van der Waals surface area contributed by atoms with Gasteiger partial charge in [-0.1, -0.05) is 23.7 Å². The van der Waals surface area contributed by atoms with Crippen LogP contribution in [-0.4, -0.2) is 68.2 Å². The zero-order valence-corrected chi connectivity index (χ0v) is 22.9. The van der Waals surface area contributed by atoms with E-state index in [4.69, 9.17) is 21.1 Å². The second-order valence-corrected chi connectivity index (χ2v) is 9.75. The standard InChI is InChI=1S/C20H20ClFN2O2.C9H17NO2/c21-17-3-1-15(2-4-17)14-24-7-5-19-16(11-18(22)12-20(19)24)13-23-6-9-26-10-8-25;1-3-12-9(11)8-4-6-10(2)7-5-8/h1-5,7-8,11-12,23H,6,9-10,13-14H2;8H,3-7H2,1-2H3. The van der Waals surface area contributed by atoms with Crippen LogP contribution < -0.4 is 5.32 Å². The predicted molar refractivity (Wildman–Crippen MR) is 148 cm³/mol. The van der Waals surface area contributed by atoms with E-state index in [2.05, 4.69) is 17.3 Å². The molecular weight excluding hydrogens is 509 g/mol. The van der Waals surface area contributed by atoms with Gasteiger partial charge >= 0.3 is 5.97 Å². The normalized spacial score (nSPS) is 14.2. The number of aldehydes is 1. The summed E-state index contributed by atoms with van der Waals surface area (Å²) in [5, 5.41) is 4.93. The Balaban J connectivity index is 0.000000279. The van der Waals surface area contributed by atoms with Crippen LogP contribution in [0.15, 0.2) is 48.7 Å². The Kier molecular flexibility index (Phi) is 12.2. The van der Waals surface area contributed by atoms with Crippen LogP contribution in [0.5, 0.6) is 0 Å². The van der Waals surface area contributed by atoms with Crippen molar-refractivity contribution in [2.75, 3.05) is 46.5 Å². The third-order valence-electron chi connectivity index (χ3n) is 6.47. The Labute approximate surface area is 228 Å². The number of hydrogen-bond donors (Lipinski definition) is 1. The Bertz CT molecular complexity index is 1160. The molecule has 0 bridgehead atoms. The fourth-order valence-corrected chi connectivity index (χ4v) is 4.53. The lowest BCUT2D eigenvalue weighted by molar-refractivity contribution is -0.149. The molecule has 4 rings (SSSR count). The summed E-state index contributed by atoms with van der Waals surface area (Å²) >= 11 is 5.93. The third kappa shape index (κ3) is 9.20. The van der Waals surface area contributed by atoms with Crippen molar-refractivity contribution in [2.45, 2.75) is 32.9 Å². The Hall–Kier alpha value is -2.78. The molecule has 1 aliphatic rings. The number of ether oxygens (including phenoxy) is 2. The van der Waals surface area contributed by atoms with Crippen LogP contribution in [0.2, 0.25) is 5.02 Å². The molecule has 0 spiro atoms. The third-order valence-corrected chi connectivity index (χ3v) is 6.72. The van der Waals surface area contributed by atoms with Crippen LogP contribution in [0, 0.1) is 11.7 Å². The SMILES string of the molecule is CCOC(=O)C1CCN(C)CC1.O=CCOCCNCc1cc(F)cc2c1ccn2Cc1ccc(Cl)cc1. The molecule has 3 aromatic rings. The van der Waals surface area contributed by atoms with Crippen molar-refractivity contribution >= 4 is 34.8 Å². The van der Waals surface area contributed by atoms with E-state index in [1.807, 2.05) is 48.0 Å². The van der Waals surface area contributed by atoms with E-state index in [9.17, 15) is 14.0 Å². The second kappa shape index (κ2) is 15.6. The highest BCUT2D eigenvalue weighted by molar-refractivity contribution is 6.30. The van der Waals surface area contributed by atoms with Gasteiger partial charge in [0.1, 0.15) is 18.7 Å². The first kappa shape index (κ1) is 29.8. The molecule has 1 aromatic heterocycles. The molecule has 0 amide bonds. The van der Waals surface area contributed by atoms with Gasteiger partial charge in [-0.3, -0.25) is 4.79 Å². The highest BCUT2D eigenvalue weighted by Crippen LogP contribution is 2.24. The summed E-state index contributed by atoms with van der Waals surface area (Å²) in [6, 6.07) is 12.8. The first-order valence-corrected chi connectivity index (χ1v) is 13.4. The van der Waals surface area contributed by atoms with E-state index in [0.717, 1.165) is 54.2 Å². The van der Waals surface area contributed by atoms with Gasteiger partial charge in [-0.15, -0.1) is 0 Å². The molecule has 0 aliphatic carbocycles. The van der Waals surface area contributed by atoms with Gasteiger partial charge in [0.15, 0.2) is 0 Å². The van der Waals surface area contributed by atoms with Crippen LogP contribution >= 0.6 is 11.6 Å². The quantitative estimate of drug-likeness (QED) is 0.214. The lowest BCUT2D eigenvalue weighted by Gasteiger charge is -2.27. The zero-order chi connectivity index (χ0) is 27.3. The minimum absolute atomic E-state index is 0.00870. The molecule has 0 atom stereocenters. The molecule has 0 unspecified atom stereocenters. The number of carbonyl (C=O) groups excluding carboxylic acids is 2. The smallest absolute Gasteiger partial charge is 0.309 e. The number of aromatic nitrogens is 1. The molecule has 206 valence electrons. The van der Waals surface area contributed by atoms with E-state index in [1.165, 1.54) is 0 Å². The van der Waals surface area contributed by atoms with Crippen molar-refractivity contribution in [2.24, 2.45) is 5.92 Å². The maximum atomic E-state index is 14.1.